The van der Waals surface area contributed by atoms with Crippen molar-refractivity contribution in [2.45, 2.75) is 58.3 Å². The smallest absolute Gasteiger partial charge is 0.371 e. The van der Waals surface area contributed by atoms with Crippen molar-refractivity contribution in [1.29, 1.82) is 0 Å². The highest BCUT2D eigenvalue weighted by Crippen LogP contribution is 2.54. The Morgan fingerprint density at radius 3 is 2.76 bits per heavy atom. The molecule has 2 atom stereocenters. The summed E-state index contributed by atoms with van der Waals surface area (Å²) in [5.74, 6) is -0.518. The predicted octanol–water partition coefficient (Wildman–Crippen LogP) is 7.71. The number of halogens is 1. The van der Waals surface area contributed by atoms with Crippen molar-refractivity contribution in [1.82, 2.24) is 0 Å². The zero-order valence-electron chi connectivity index (χ0n) is 19.4. The van der Waals surface area contributed by atoms with Crippen LogP contribution in [-0.4, -0.2) is 16.8 Å². The second-order valence-electron chi connectivity index (χ2n) is 9.49. The maximum Gasteiger partial charge on any atom is 0.371 e. The first-order valence-corrected chi connectivity index (χ1v) is 12.3. The molecule has 34 heavy (non-hydrogen) atoms. The SMILES string of the molecule is CCCCC1(C)CCCC2=NC3=C(Oc4ccc(C(=O)O)o4)C=CC(c4ccc(Cl)cc4)C3=C21. The number of nitrogens with zero attached hydrogens (tertiary/aromatic N) is 1. The van der Waals surface area contributed by atoms with Crippen molar-refractivity contribution in [3.05, 3.63) is 87.5 Å². The lowest BCUT2D eigenvalue weighted by molar-refractivity contribution is 0.0656. The fraction of sp³-hybridized carbons (Fsp3) is 0.357. The average molecular weight is 478 g/mol. The van der Waals surface area contributed by atoms with Gasteiger partial charge in [0, 0.05) is 22.7 Å². The molecule has 3 aliphatic rings. The molecule has 1 aromatic heterocycles. The number of hydrogen-bond donors (Lipinski definition) is 1. The van der Waals surface area contributed by atoms with Gasteiger partial charge in [0.05, 0.1) is 0 Å². The Labute approximate surface area is 204 Å². The van der Waals surface area contributed by atoms with Gasteiger partial charge >= 0.3 is 5.97 Å². The van der Waals surface area contributed by atoms with E-state index in [1.54, 1.807) is 0 Å². The molecule has 0 amide bonds. The lowest BCUT2D eigenvalue weighted by Gasteiger charge is -2.38. The van der Waals surface area contributed by atoms with Crippen molar-refractivity contribution in [3.8, 4) is 5.95 Å². The van der Waals surface area contributed by atoms with Gasteiger partial charge in [0.15, 0.2) is 5.76 Å². The van der Waals surface area contributed by atoms with Gasteiger partial charge in [-0.1, -0.05) is 56.5 Å². The summed E-state index contributed by atoms with van der Waals surface area (Å²) in [5.41, 5.74) is 5.75. The molecule has 1 fully saturated rings. The molecule has 1 aromatic carbocycles. The molecular weight excluding hydrogens is 450 g/mol. The van der Waals surface area contributed by atoms with Crippen LogP contribution in [0.1, 0.15) is 74.4 Å². The Balaban J connectivity index is 1.63. The van der Waals surface area contributed by atoms with Crippen molar-refractivity contribution in [2.24, 2.45) is 10.4 Å². The van der Waals surface area contributed by atoms with Gasteiger partial charge in [-0.25, -0.2) is 9.79 Å². The molecule has 176 valence electrons. The highest BCUT2D eigenvalue weighted by atomic mass is 35.5. The number of aliphatic imine (C=N–C) groups is 1. The normalized spacial score (nSPS) is 23.6. The number of aromatic carboxylic acids is 1. The summed E-state index contributed by atoms with van der Waals surface area (Å²) in [6, 6.07) is 10.9. The Bertz CT molecular complexity index is 1250. The first-order chi connectivity index (χ1) is 16.4. The number of rotatable bonds is 7. The molecule has 2 aliphatic carbocycles. The molecule has 0 bridgehead atoms. The zero-order valence-corrected chi connectivity index (χ0v) is 20.2. The van der Waals surface area contributed by atoms with Gasteiger partial charge in [0.2, 0.25) is 5.76 Å². The largest absolute Gasteiger partial charge is 0.475 e. The summed E-state index contributed by atoms with van der Waals surface area (Å²) in [4.78, 5) is 16.3. The van der Waals surface area contributed by atoms with Crippen molar-refractivity contribution < 1.29 is 19.1 Å². The highest BCUT2D eigenvalue weighted by Gasteiger charge is 2.44. The monoisotopic (exact) mass is 477 g/mol. The molecule has 0 saturated heterocycles. The third kappa shape index (κ3) is 4.03. The standard InChI is InChI=1S/C28H28ClNO4/c1-3-4-15-28(2)16-5-6-20-25(28)24-19(17-7-9-18(29)10-8-17)11-12-21(26(24)30-20)33-23-14-13-22(34-23)27(31)32/h7-14,19H,3-6,15-16H2,1-2H3,(H,31,32). The quantitative estimate of drug-likeness (QED) is 0.443. The Morgan fingerprint density at radius 2 is 2.06 bits per heavy atom. The number of carboxylic acids is 1. The molecule has 2 aromatic rings. The molecule has 5 nitrogen and oxygen atoms in total. The summed E-state index contributed by atoms with van der Waals surface area (Å²) in [6.07, 6.45) is 10.7. The molecule has 0 spiro atoms. The van der Waals surface area contributed by atoms with E-state index >= 15 is 0 Å². The first-order valence-electron chi connectivity index (χ1n) is 11.9. The van der Waals surface area contributed by atoms with Crippen LogP contribution in [0, 0.1) is 5.41 Å². The number of carbonyl (C=O) groups is 1. The van der Waals surface area contributed by atoms with Gasteiger partial charge in [-0.2, -0.15) is 0 Å². The van der Waals surface area contributed by atoms with Crippen molar-refractivity contribution in [2.75, 3.05) is 0 Å². The average Bonchev–Trinajstić information content (AvgIpc) is 3.45. The van der Waals surface area contributed by atoms with Crippen LogP contribution in [0.3, 0.4) is 0 Å². The number of ether oxygens (including phenoxy) is 1. The van der Waals surface area contributed by atoms with Crippen molar-refractivity contribution >= 4 is 23.3 Å². The maximum absolute atomic E-state index is 11.2. The zero-order chi connectivity index (χ0) is 23.9. The second-order valence-corrected chi connectivity index (χ2v) is 9.93. The molecule has 1 saturated carbocycles. The number of allylic oxidation sites excluding steroid dienone is 4. The number of furan rings is 1. The van der Waals surface area contributed by atoms with E-state index < -0.39 is 5.97 Å². The predicted molar refractivity (Wildman–Crippen MR) is 133 cm³/mol. The van der Waals surface area contributed by atoms with Crippen LogP contribution in [0.25, 0.3) is 0 Å². The van der Waals surface area contributed by atoms with Gasteiger partial charge in [-0.3, -0.25) is 0 Å². The lowest BCUT2D eigenvalue weighted by atomic mass is 9.65. The molecule has 2 unspecified atom stereocenters. The van der Waals surface area contributed by atoms with Crippen LogP contribution in [0.5, 0.6) is 5.95 Å². The van der Waals surface area contributed by atoms with Gasteiger partial charge in [-0.15, -0.1) is 0 Å². The third-order valence-electron chi connectivity index (χ3n) is 7.10. The maximum atomic E-state index is 11.2. The van der Waals surface area contributed by atoms with E-state index in [9.17, 15) is 9.90 Å². The molecular formula is C28H28ClNO4. The molecule has 6 heteroatoms. The van der Waals surface area contributed by atoms with E-state index in [1.165, 1.54) is 29.7 Å². The molecule has 2 heterocycles. The summed E-state index contributed by atoms with van der Waals surface area (Å²) in [7, 11) is 0. The topological polar surface area (TPSA) is 72.0 Å². The fourth-order valence-corrected chi connectivity index (χ4v) is 5.57. The van der Waals surface area contributed by atoms with E-state index in [4.69, 9.17) is 25.7 Å². The molecule has 1 aliphatic heterocycles. The summed E-state index contributed by atoms with van der Waals surface area (Å²) >= 11 is 6.18. The van der Waals surface area contributed by atoms with Crippen LogP contribution in [0.4, 0.5) is 0 Å². The fourth-order valence-electron chi connectivity index (χ4n) is 5.45. The number of hydrogen-bond acceptors (Lipinski definition) is 4. The van der Waals surface area contributed by atoms with Crippen LogP contribution in [0.2, 0.25) is 5.02 Å². The number of fused-ring (bicyclic) bond motifs is 2. The second kappa shape index (κ2) is 8.95. The van der Waals surface area contributed by atoms with Gasteiger partial charge in [0.25, 0.3) is 5.95 Å². The van der Waals surface area contributed by atoms with E-state index in [0.29, 0.717) is 10.8 Å². The van der Waals surface area contributed by atoms with E-state index in [1.807, 2.05) is 18.2 Å². The van der Waals surface area contributed by atoms with Gasteiger partial charge in [0.1, 0.15) is 5.70 Å². The van der Waals surface area contributed by atoms with Crippen LogP contribution >= 0.6 is 11.6 Å². The Kier molecular flexibility index (Phi) is 5.98. The van der Waals surface area contributed by atoms with Crippen LogP contribution < -0.4 is 4.74 Å². The van der Waals surface area contributed by atoms with E-state index in [2.05, 4.69) is 32.1 Å². The number of carboxylic acid groups (broad SMARTS) is 1. The van der Waals surface area contributed by atoms with Crippen molar-refractivity contribution in [3.63, 3.8) is 0 Å². The summed E-state index contributed by atoms with van der Waals surface area (Å²) < 4.78 is 11.4. The summed E-state index contributed by atoms with van der Waals surface area (Å²) in [6.45, 7) is 4.62. The Hall–Kier alpha value is -3.05. The lowest BCUT2D eigenvalue weighted by Crippen LogP contribution is -2.30. The summed E-state index contributed by atoms with van der Waals surface area (Å²) in [5, 5.41) is 9.90. The van der Waals surface area contributed by atoms with E-state index in [0.717, 1.165) is 49.1 Å². The molecule has 5 rings (SSSR count). The minimum atomic E-state index is -1.13. The minimum Gasteiger partial charge on any atom is -0.475 e. The number of benzene rings is 1. The van der Waals surface area contributed by atoms with Crippen LogP contribution in [-0.2, 0) is 0 Å². The molecule has 1 N–H and O–H groups in total. The first kappa shape index (κ1) is 22.7. The van der Waals surface area contributed by atoms with Crippen LogP contribution in [0.15, 0.2) is 80.6 Å². The highest BCUT2D eigenvalue weighted by molar-refractivity contribution is 6.30. The van der Waals surface area contributed by atoms with Gasteiger partial charge in [-0.05, 0) is 72.1 Å². The third-order valence-corrected chi connectivity index (χ3v) is 7.36. The molecule has 0 radical (unpaired) electrons. The Morgan fingerprint density at radius 1 is 1.26 bits per heavy atom. The van der Waals surface area contributed by atoms with E-state index in [-0.39, 0.29) is 23.0 Å². The minimum absolute atomic E-state index is 0.0427. The number of unbranched alkanes of at least 4 members (excludes halogenated alkanes) is 1. The van der Waals surface area contributed by atoms with Gasteiger partial charge < -0.3 is 14.3 Å².